The van der Waals surface area contributed by atoms with Crippen LogP contribution in [-0.2, 0) is 0 Å². The minimum absolute atomic E-state index is 0.216. The first-order chi connectivity index (χ1) is 15.4. The molecule has 0 saturated heterocycles. The van der Waals surface area contributed by atoms with Crippen molar-refractivity contribution in [1.82, 2.24) is 4.98 Å². The lowest BCUT2D eigenvalue weighted by Crippen LogP contribution is -2.08. The first-order valence-electron chi connectivity index (χ1n) is 11.0. The van der Waals surface area contributed by atoms with E-state index in [1.807, 2.05) is 19.1 Å². The fraction of sp³-hybridized carbons (Fsp3) is 0.370. The van der Waals surface area contributed by atoms with Crippen molar-refractivity contribution >= 4 is 22.9 Å². The second kappa shape index (κ2) is 9.67. The Hall–Kier alpha value is -2.32. The third kappa shape index (κ3) is 5.18. The predicted octanol–water partition coefficient (Wildman–Crippen LogP) is 6.98. The van der Waals surface area contributed by atoms with Crippen molar-refractivity contribution < 1.29 is 4.74 Å². The van der Waals surface area contributed by atoms with Gasteiger partial charge in [0.25, 0.3) is 0 Å². The number of ether oxygens (including phenoxy) is 1. The lowest BCUT2D eigenvalue weighted by atomic mass is 9.93. The molecule has 1 aliphatic carbocycles. The van der Waals surface area contributed by atoms with Gasteiger partial charge in [-0.15, -0.1) is 11.3 Å². The van der Waals surface area contributed by atoms with Crippen LogP contribution < -0.4 is 10.5 Å². The van der Waals surface area contributed by atoms with E-state index in [1.165, 1.54) is 24.0 Å². The van der Waals surface area contributed by atoms with Gasteiger partial charge >= 0.3 is 0 Å². The van der Waals surface area contributed by atoms with Gasteiger partial charge in [0, 0.05) is 16.4 Å². The summed E-state index contributed by atoms with van der Waals surface area (Å²) in [4.78, 5) is 5.92. The van der Waals surface area contributed by atoms with Crippen LogP contribution in [0.2, 0.25) is 5.02 Å². The van der Waals surface area contributed by atoms with Gasteiger partial charge in [-0.25, -0.2) is 4.98 Å². The summed E-state index contributed by atoms with van der Waals surface area (Å²) in [5, 5.41) is 1.44. The molecule has 0 amide bonds. The van der Waals surface area contributed by atoms with Crippen LogP contribution in [-0.4, -0.2) is 12.1 Å². The van der Waals surface area contributed by atoms with Gasteiger partial charge in [0.1, 0.15) is 16.8 Å². The molecule has 2 atom stereocenters. The van der Waals surface area contributed by atoms with E-state index in [0.717, 1.165) is 44.8 Å². The molecule has 2 aromatic carbocycles. The molecule has 0 aliphatic heterocycles. The maximum atomic E-state index is 6.54. The molecule has 3 nitrogen and oxygen atoms in total. The molecule has 5 heteroatoms. The maximum absolute atomic E-state index is 6.54. The van der Waals surface area contributed by atoms with Gasteiger partial charge in [-0.05, 0) is 56.4 Å². The van der Waals surface area contributed by atoms with Gasteiger partial charge in [-0.3, -0.25) is 0 Å². The number of nitrogens with two attached hydrogens (primary N) is 1. The zero-order valence-electron chi connectivity index (χ0n) is 19.0. The molecule has 166 valence electrons. The second-order valence-electron chi connectivity index (χ2n) is 8.67. The molecule has 2 N–H and O–H groups in total. The average molecular weight is 465 g/mol. The summed E-state index contributed by atoms with van der Waals surface area (Å²) >= 11 is 8.13. The monoisotopic (exact) mass is 464 g/mol. The van der Waals surface area contributed by atoms with Crippen LogP contribution in [0.15, 0.2) is 36.4 Å². The van der Waals surface area contributed by atoms with Crippen LogP contribution in [0.5, 0.6) is 5.75 Å². The normalized spacial score (nSPS) is 15.1. The van der Waals surface area contributed by atoms with Crippen molar-refractivity contribution in [3.8, 4) is 28.8 Å². The number of aryl methyl sites for hydroxylation is 3. The van der Waals surface area contributed by atoms with E-state index in [1.54, 1.807) is 18.4 Å². The van der Waals surface area contributed by atoms with Gasteiger partial charge in [0.15, 0.2) is 0 Å². The molecule has 1 fully saturated rings. The highest BCUT2D eigenvalue weighted by Gasteiger charge is 2.25. The van der Waals surface area contributed by atoms with Crippen LogP contribution in [0.3, 0.4) is 0 Å². The Morgan fingerprint density at radius 1 is 1.16 bits per heavy atom. The fourth-order valence-corrected chi connectivity index (χ4v) is 5.01. The fourth-order valence-electron chi connectivity index (χ4n) is 3.88. The van der Waals surface area contributed by atoms with Gasteiger partial charge in [-0.2, -0.15) is 0 Å². The van der Waals surface area contributed by atoms with Gasteiger partial charge in [0.2, 0.25) is 0 Å². The van der Waals surface area contributed by atoms with Gasteiger partial charge in [0.05, 0.1) is 17.8 Å². The number of thiazole rings is 1. The molecule has 1 unspecified atom stereocenters. The number of methoxy groups -OCH3 is 1. The van der Waals surface area contributed by atoms with Crippen molar-refractivity contribution in [2.75, 3.05) is 7.11 Å². The third-order valence-electron chi connectivity index (χ3n) is 5.98. The lowest BCUT2D eigenvalue weighted by molar-refractivity contribution is 0.412. The second-order valence-corrected chi connectivity index (χ2v) is 10.3. The number of nitrogens with zero attached hydrogens (tertiary/aromatic N) is 1. The molecule has 1 saturated carbocycles. The van der Waals surface area contributed by atoms with Gasteiger partial charge in [-0.1, -0.05) is 66.1 Å². The van der Waals surface area contributed by atoms with E-state index in [0.29, 0.717) is 5.02 Å². The van der Waals surface area contributed by atoms with E-state index in [2.05, 4.69) is 50.0 Å². The molecule has 32 heavy (non-hydrogen) atoms. The molecule has 0 spiro atoms. The number of benzene rings is 2. The minimum atomic E-state index is -0.419. The smallest absolute Gasteiger partial charge is 0.123 e. The van der Waals surface area contributed by atoms with E-state index < -0.39 is 6.04 Å². The standard InChI is InChI=1S/C27H29ClN2OS/c1-16-5-9-20(10-6-16)21(14-19-7-8-19)11-12-24(29)27-30-26(18(3)32-27)22-13-17(2)25(31-4)15-23(22)28/h5-6,9-10,13,15,19,21,24H,7-8,14,29H2,1-4H3/t21-,24?/m0/s1. The van der Waals surface area contributed by atoms with Crippen molar-refractivity contribution in [2.45, 2.75) is 52.0 Å². The van der Waals surface area contributed by atoms with Crippen LogP contribution in [0.4, 0.5) is 0 Å². The van der Waals surface area contributed by atoms with Crippen molar-refractivity contribution in [1.29, 1.82) is 0 Å². The summed E-state index contributed by atoms with van der Waals surface area (Å²) in [7, 11) is 1.65. The molecule has 3 aromatic rings. The molecule has 1 heterocycles. The van der Waals surface area contributed by atoms with Crippen LogP contribution in [0, 0.1) is 38.5 Å². The quantitative estimate of drug-likeness (QED) is 0.400. The van der Waals surface area contributed by atoms with Crippen LogP contribution in [0.1, 0.15) is 57.8 Å². The van der Waals surface area contributed by atoms with Crippen molar-refractivity contribution in [3.63, 3.8) is 0 Å². The molecule has 1 aromatic heterocycles. The summed E-state index contributed by atoms with van der Waals surface area (Å²) in [6.45, 7) is 6.17. The van der Waals surface area contributed by atoms with Gasteiger partial charge < -0.3 is 10.5 Å². The topological polar surface area (TPSA) is 48.1 Å². The molecule has 4 rings (SSSR count). The molecule has 1 aliphatic rings. The first-order valence-corrected chi connectivity index (χ1v) is 12.2. The maximum Gasteiger partial charge on any atom is 0.123 e. The molecular weight excluding hydrogens is 436 g/mol. The Morgan fingerprint density at radius 2 is 1.88 bits per heavy atom. The minimum Gasteiger partial charge on any atom is -0.496 e. The number of hydrogen-bond donors (Lipinski definition) is 1. The summed E-state index contributed by atoms with van der Waals surface area (Å²) in [6, 6.07) is 12.2. The Bertz CT molecular complexity index is 1170. The number of halogens is 1. The first kappa shape index (κ1) is 22.9. The molecule has 0 bridgehead atoms. The number of rotatable bonds is 6. The summed E-state index contributed by atoms with van der Waals surface area (Å²) < 4.78 is 5.38. The summed E-state index contributed by atoms with van der Waals surface area (Å²) in [5.74, 6) is 8.56. The van der Waals surface area contributed by atoms with Crippen LogP contribution >= 0.6 is 22.9 Å². The summed E-state index contributed by atoms with van der Waals surface area (Å²) in [5.41, 5.74) is 11.8. The lowest BCUT2D eigenvalue weighted by Gasteiger charge is -2.11. The Morgan fingerprint density at radius 3 is 2.53 bits per heavy atom. The van der Waals surface area contributed by atoms with E-state index in [4.69, 9.17) is 27.1 Å². The number of aromatic nitrogens is 1. The number of hydrogen-bond acceptors (Lipinski definition) is 4. The molecule has 0 radical (unpaired) electrons. The van der Waals surface area contributed by atoms with Crippen molar-refractivity contribution in [2.24, 2.45) is 11.7 Å². The third-order valence-corrected chi connectivity index (χ3v) is 7.34. The largest absolute Gasteiger partial charge is 0.496 e. The zero-order valence-corrected chi connectivity index (χ0v) is 20.6. The zero-order chi connectivity index (χ0) is 22.8. The Balaban J connectivity index is 1.59. The highest BCUT2D eigenvalue weighted by Crippen LogP contribution is 2.39. The molecular formula is C27H29ClN2OS. The highest BCUT2D eigenvalue weighted by molar-refractivity contribution is 7.12. The van der Waals surface area contributed by atoms with Crippen LogP contribution in [0.25, 0.3) is 11.3 Å². The predicted molar refractivity (Wildman–Crippen MR) is 135 cm³/mol. The highest BCUT2D eigenvalue weighted by atomic mass is 35.5. The Kier molecular flexibility index (Phi) is 6.90. The SMILES string of the molecule is COc1cc(Cl)c(-c2nc(C(N)C#C[C@@H](CC3CC3)c3ccc(C)cc3)sc2C)cc1C. The Labute approximate surface area is 200 Å². The summed E-state index contributed by atoms with van der Waals surface area (Å²) in [6.07, 6.45) is 3.73. The van der Waals surface area contributed by atoms with Crippen molar-refractivity contribution in [3.05, 3.63) is 68.0 Å². The van der Waals surface area contributed by atoms with E-state index >= 15 is 0 Å². The van der Waals surface area contributed by atoms with E-state index in [-0.39, 0.29) is 5.92 Å². The van der Waals surface area contributed by atoms with E-state index in [9.17, 15) is 0 Å². The average Bonchev–Trinajstić information content (AvgIpc) is 3.52.